The minimum absolute atomic E-state index is 0.102. The molecule has 0 aliphatic heterocycles. The van der Waals surface area contributed by atoms with Crippen molar-refractivity contribution in [2.75, 3.05) is 20.1 Å². The molecular weight excluding hydrogens is 188 g/mol. The van der Waals surface area contributed by atoms with E-state index in [1.807, 2.05) is 13.8 Å². The number of nitrogens with one attached hydrogen (secondary N) is 1. The lowest BCUT2D eigenvalue weighted by Crippen LogP contribution is -2.43. The van der Waals surface area contributed by atoms with Crippen LogP contribution in [0.25, 0.3) is 0 Å². The number of halogens is 1. The highest BCUT2D eigenvalue weighted by Crippen LogP contribution is 1.91. The molecular formula is C9H17ClN2O. The Hall–Kier alpha value is -0.540. The van der Waals surface area contributed by atoms with Gasteiger partial charge in [0, 0.05) is 25.7 Å². The molecule has 0 aliphatic carbocycles. The second-order valence-corrected chi connectivity index (χ2v) is 3.10. The van der Waals surface area contributed by atoms with Crippen molar-refractivity contribution < 1.29 is 4.79 Å². The lowest BCUT2D eigenvalue weighted by atomic mass is 10.3. The van der Waals surface area contributed by atoms with Gasteiger partial charge in [0.05, 0.1) is 6.04 Å². The lowest BCUT2D eigenvalue weighted by Gasteiger charge is -2.19. The minimum atomic E-state index is -0.155. The number of rotatable bonds is 5. The maximum atomic E-state index is 11.5. The summed E-state index contributed by atoms with van der Waals surface area (Å²) in [5, 5.41) is 3.04. The minimum Gasteiger partial charge on any atom is -0.345 e. The molecule has 0 aromatic heterocycles. The Morgan fingerprint density at radius 1 is 1.69 bits per heavy atom. The van der Waals surface area contributed by atoms with Gasteiger partial charge < -0.3 is 10.2 Å². The van der Waals surface area contributed by atoms with Crippen molar-refractivity contribution in [3.8, 4) is 0 Å². The van der Waals surface area contributed by atoms with E-state index in [2.05, 4.69) is 5.32 Å². The van der Waals surface area contributed by atoms with Crippen molar-refractivity contribution >= 4 is 17.5 Å². The molecule has 0 saturated heterocycles. The van der Waals surface area contributed by atoms with E-state index in [0.717, 1.165) is 6.54 Å². The number of carbonyl (C=O) groups is 1. The maximum Gasteiger partial charge on any atom is 0.239 e. The van der Waals surface area contributed by atoms with Crippen LogP contribution in [0.2, 0.25) is 0 Å². The summed E-state index contributed by atoms with van der Waals surface area (Å²) in [6.07, 6.45) is 1.76. The first kappa shape index (κ1) is 12.5. The standard InChI is InChI=1S/C9H17ClN2O/c1-4-12(3)9(13)8(2)11-7-5-6-10/h5-6,8,11H,4,7H2,1-3H3/b6-5+. The molecule has 1 unspecified atom stereocenters. The molecule has 0 aromatic carbocycles. The Bertz CT molecular complexity index is 182. The van der Waals surface area contributed by atoms with Crippen LogP contribution in [0.1, 0.15) is 13.8 Å². The predicted molar refractivity (Wildman–Crippen MR) is 55.8 cm³/mol. The fraction of sp³-hybridized carbons (Fsp3) is 0.667. The molecule has 1 amide bonds. The summed E-state index contributed by atoms with van der Waals surface area (Å²) in [6.45, 7) is 5.14. The fourth-order valence-corrected chi connectivity index (χ4v) is 0.952. The summed E-state index contributed by atoms with van der Waals surface area (Å²) < 4.78 is 0. The van der Waals surface area contributed by atoms with Crippen molar-refractivity contribution in [3.63, 3.8) is 0 Å². The number of hydrogen-bond acceptors (Lipinski definition) is 2. The zero-order chi connectivity index (χ0) is 10.3. The third-order valence-electron chi connectivity index (χ3n) is 1.85. The van der Waals surface area contributed by atoms with E-state index in [-0.39, 0.29) is 11.9 Å². The van der Waals surface area contributed by atoms with Crippen LogP contribution < -0.4 is 5.32 Å². The van der Waals surface area contributed by atoms with Crippen molar-refractivity contribution in [1.29, 1.82) is 0 Å². The number of hydrogen-bond donors (Lipinski definition) is 1. The third kappa shape index (κ3) is 4.90. The van der Waals surface area contributed by atoms with Gasteiger partial charge in [0.1, 0.15) is 0 Å². The van der Waals surface area contributed by atoms with E-state index in [4.69, 9.17) is 11.6 Å². The van der Waals surface area contributed by atoms with E-state index in [1.54, 1.807) is 18.0 Å². The van der Waals surface area contributed by atoms with Gasteiger partial charge >= 0.3 is 0 Å². The Morgan fingerprint density at radius 3 is 2.77 bits per heavy atom. The number of carbonyl (C=O) groups excluding carboxylic acids is 1. The summed E-state index contributed by atoms with van der Waals surface area (Å²) in [6, 6.07) is -0.155. The molecule has 76 valence electrons. The van der Waals surface area contributed by atoms with E-state index in [0.29, 0.717) is 6.54 Å². The van der Waals surface area contributed by atoms with Gasteiger partial charge in [-0.15, -0.1) is 0 Å². The number of likely N-dealkylation sites (N-methyl/N-ethyl adjacent to an activating group) is 1. The van der Waals surface area contributed by atoms with E-state index in [9.17, 15) is 4.79 Å². The van der Waals surface area contributed by atoms with Crippen LogP contribution in [0.4, 0.5) is 0 Å². The van der Waals surface area contributed by atoms with Gasteiger partial charge in [-0.25, -0.2) is 0 Å². The molecule has 0 aromatic rings. The molecule has 0 spiro atoms. The molecule has 3 nitrogen and oxygen atoms in total. The lowest BCUT2D eigenvalue weighted by molar-refractivity contribution is -0.131. The first-order valence-corrected chi connectivity index (χ1v) is 4.80. The van der Waals surface area contributed by atoms with Crippen LogP contribution in [-0.4, -0.2) is 37.0 Å². The Morgan fingerprint density at radius 2 is 2.31 bits per heavy atom. The highest BCUT2D eigenvalue weighted by molar-refractivity contribution is 6.25. The Kier molecular flexibility index (Phi) is 6.63. The number of nitrogens with zero attached hydrogens (tertiary/aromatic N) is 1. The van der Waals surface area contributed by atoms with Crippen LogP contribution in [0, 0.1) is 0 Å². The van der Waals surface area contributed by atoms with Crippen molar-refractivity contribution in [2.24, 2.45) is 0 Å². The summed E-state index contributed by atoms with van der Waals surface area (Å²) in [5.74, 6) is 0.102. The molecule has 0 bridgehead atoms. The van der Waals surface area contributed by atoms with Gasteiger partial charge in [0.15, 0.2) is 0 Å². The van der Waals surface area contributed by atoms with Gasteiger partial charge in [-0.1, -0.05) is 17.7 Å². The summed E-state index contributed by atoms with van der Waals surface area (Å²) in [5.41, 5.74) is 1.44. The first-order valence-electron chi connectivity index (χ1n) is 4.37. The van der Waals surface area contributed by atoms with E-state index in [1.165, 1.54) is 5.54 Å². The molecule has 1 N–H and O–H groups in total. The monoisotopic (exact) mass is 204 g/mol. The molecule has 13 heavy (non-hydrogen) atoms. The Balaban J connectivity index is 3.82. The van der Waals surface area contributed by atoms with Crippen LogP contribution in [0.3, 0.4) is 0 Å². The van der Waals surface area contributed by atoms with Crippen LogP contribution in [-0.2, 0) is 4.79 Å². The molecule has 0 rings (SSSR count). The fourth-order valence-electron chi connectivity index (χ4n) is 0.863. The van der Waals surface area contributed by atoms with Gasteiger partial charge in [-0.05, 0) is 13.8 Å². The summed E-state index contributed by atoms with van der Waals surface area (Å²) >= 11 is 5.34. The van der Waals surface area contributed by atoms with E-state index < -0.39 is 0 Å². The largest absolute Gasteiger partial charge is 0.345 e. The quantitative estimate of drug-likeness (QED) is 0.730. The highest BCUT2D eigenvalue weighted by atomic mass is 35.5. The molecule has 0 radical (unpaired) electrons. The molecule has 0 heterocycles. The summed E-state index contributed by atoms with van der Waals surface area (Å²) in [7, 11) is 1.79. The molecule has 0 aliphatic rings. The summed E-state index contributed by atoms with van der Waals surface area (Å²) in [4.78, 5) is 13.2. The topological polar surface area (TPSA) is 32.3 Å². The molecule has 0 saturated carbocycles. The zero-order valence-electron chi connectivity index (χ0n) is 8.38. The van der Waals surface area contributed by atoms with Gasteiger partial charge in [-0.3, -0.25) is 4.79 Å². The third-order valence-corrected chi connectivity index (χ3v) is 2.03. The van der Waals surface area contributed by atoms with E-state index >= 15 is 0 Å². The van der Waals surface area contributed by atoms with Gasteiger partial charge in [0.25, 0.3) is 0 Å². The maximum absolute atomic E-state index is 11.5. The van der Waals surface area contributed by atoms with Crippen LogP contribution >= 0.6 is 11.6 Å². The zero-order valence-corrected chi connectivity index (χ0v) is 9.14. The molecule has 1 atom stereocenters. The predicted octanol–water partition coefficient (Wildman–Crippen LogP) is 1.20. The highest BCUT2D eigenvalue weighted by Gasteiger charge is 2.14. The average Bonchev–Trinajstić information content (AvgIpc) is 2.15. The normalized spacial score (nSPS) is 13.2. The van der Waals surface area contributed by atoms with Crippen molar-refractivity contribution in [1.82, 2.24) is 10.2 Å². The average molecular weight is 205 g/mol. The molecule has 4 heteroatoms. The second kappa shape index (κ2) is 6.92. The molecule has 0 fully saturated rings. The van der Waals surface area contributed by atoms with Gasteiger partial charge in [-0.2, -0.15) is 0 Å². The van der Waals surface area contributed by atoms with Crippen molar-refractivity contribution in [3.05, 3.63) is 11.6 Å². The van der Waals surface area contributed by atoms with Crippen LogP contribution in [0.5, 0.6) is 0 Å². The second-order valence-electron chi connectivity index (χ2n) is 2.84. The first-order chi connectivity index (χ1) is 6.13. The SMILES string of the molecule is CCN(C)C(=O)C(C)NC/C=C/Cl. The number of amides is 1. The Labute approximate surface area is 84.7 Å². The smallest absolute Gasteiger partial charge is 0.239 e. The van der Waals surface area contributed by atoms with Gasteiger partial charge in [0.2, 0.25) is 5.91 Å². The van der Waals surface area contributed by atoms with Crippen LogP contribution in [0.15, 0.2) is 11.6 Å². The van der Waals surface area contributed by atoms with Crippen molar-refractivity contribution in [2.45, 2.75) is 19.9 Å².